The van der Waals surface area contributed by atoms with E-state index in [4.69, 9.17) is 9.97 Å². The summed E-state index contributed by atoms with van der Waals surface area (Å²) >= 11 is 0. The molecule has 1 saturated heterocycles. The third-order valence-corrected chi connectivity index (χ3v) is 7.95. The summed E-state index contributed by atoms with van der Waals surface area (Å²) in [7, 11) is 0.183. The lowest BCUT2D eigenvalue weighted by Gasteiger charge is -2.35. The molecule has 1 aromatic carbocycles. The summed E-state index contributed by atoms with van der Waals surface area (Å²) in [4.78, 5) is 25.6. The summed E-state index contributed by atoms with van der Waals surface area (Å²) in [6, 6.07) is 8.17. The van der Waals surface area contributed by atoms with Crippen molar-refractivity contribution < 1.29 is 13.2 Å². The number of rotatable bonds is 4. The number of nitrogens with zero attached hydrogens (tertiary/aromatic N) is 5. The van der Waals surface area contributed by atoms with E-state index in [0.717, 1.165) is 29.9 Å². The van der Waals surface area contributed by atoms with Crippen molar-refractivity contribution in [2.24, 2.45) is 0 Å². The topological polar surface area (TPSA) is 86.7 Å². The van der Waals surface area contributed by atoms with E-state index in [1.54, 1.807) is 40.4 Å². The van der Waals surface area contributed by atoms with Crippen LogP contribution < -0.4 is 4.90 Å². The van der Waals surface area contributed by atoms with Crippen LogP contribution in [-0.2, 0) is 27.8 Å². The van der Waals surface area contributed by atoms with E-state index < -0.39 is 16.1 Å². The molecule has 0 unspecified atom stereocenters. The highest BCUT2D eigenvalue weighted by molar-refractivity contribution is 7.89. The predicted octanol–water partition coefficient (Wildman–Crippen LogP) is 2.36. The van der Waals surface area contributed by atoms with Gasteiger partial charge < -0.3 is 9.80 Å². The van der Waals surface area contributed by atoms with Crippen LogP contribution in [0.4, 0.5) is 5.82 Å². The van der Waals surface area contributed by atoms with Gasteiger partial charge in [0.2, 0.25) is 15.9 Å². The fourth-order valence-corrected chi connectivity index (χ4v) is 6.06. The van der Waals surface area contributed by atoms with E-state index in [1.165, 1.54) is 0 Å². The van der Waals surface area contributed by atoms with Gasteiger partial charge in [0.05, 0.1) is 23.2 Å². The summed E-state index contributed by atoms with van der Waals surface area (Å²) in [5, 5.41) is 0. The van der Waals surface area contributed by atoms with Crippen LogP contribution in [0.3, 0.4) is 0 Å². The van der Waals surface area contributed by atoms with Gasteiger partial charge in [-0.15, -0.1) is 0 Å². The summed E-state index contributed by atoms with van der Waals surface area (Å²) in [5.41, 5.74) is 1.86. The molecule has 2 aliphatic rings. The predicted molar refractivity (Wildman–Crippen MR) is 118 cm³/mol. The molecule has 1 amide bonds. The van der Waals surface area contributed by atoms with Gasteiger partial charge in [-0.05, 0) is 25.0 Å². The summed E-state index contributed by atoms with van der Waals surface area (Å²) in [6.45, 7) is 3.12. The molecule has 2 aliphatic heterocycles. The van der Waals surface area contributed by atoms with Crippen LogP contribution in [0.2, 0.25) is 0 Å². The number of carbonyl (C=O) groups excluding carboxylic acids is 1. The summed E-state index contributed by atoms with van der Waals surface area (Å²) in [6.07, 6.45) is 3.09. The average molecular weight is 444 g/mol. The van der Waals surface area contributed by atoms with Gasteiger partial charge in [-0.3, -0.25) is 4.79 Å². The first-order valence-electron chi connectivity index (χ1n) is 10.7. The van der Waals surface area contributed by atoms with Crippen molar-refractivity contribution in [3.8, 4) is 0 Å². The van der Waals surface area contributed by atoms with E-state index >= 15 is 0 Å². The lowest BCUT2D eigenvalue weighted by atomic mass is 10.0. The Morgan fingerprint density at radius 1 is 1.10 bits per heavy atom. The minimum absolute atomic E-state index is 0.0341. The number of aromatic nitrogens is 2. The van der Waals surface area contributed by atoms with Crippen LogP contribution in [0, 0.1) is 0 Å². The van der Waals surface area contributed by atoms with Crippen molar-refractivity contribution >= 4 is 21.7 Å². The first-order chi connectivity index (χ1) is 14.8. The first kappa shape index (κ1) is 21.7. The maximum atomic E-state index is 13.4. The van der Waals surface area contributed by atoms with Crippen molar-refractivity contribution in [1.29, 1.82) is 0 Å². The van der Waals surface area contributed by atoms with Gasteiger partial charge in [-0.2, -0.15) is 4.31 Å². The smallest absolute Gasteiger partial charge is 0.243 e. The van der Waals surface area contributed by atoms with Gasteiger partial charge >= 0.3 is 0 Å². The third-order valence-electron chi connectivity index (χ3n) is 6.03. The van der Waals surface area contributed by atoms with Crippen molar-refractivity contribution in [3.63, 3.8) is 0 Å². The molecule has 1 fully saturated rings. The number of anilines is 1. The Morgan fingerprint density at radius 2 is 1.84 bits per heavy atom. The van der Waals surface area contributed by atoms with Gasteiger partial charge in [-0.1, -0.05) is 24.6 Å². The number of amides is 1. The fourth-order valence-electron chi connectivity index (χ4n) is 4.38. The van der Waals surface area contributed by atoms with Crippen molar-refractivity contribution in [1.82, 2.24) is 19.2 Å². The normalized spacial score (nSPS) is 19.7. The number of carbonyl (C=O) groups is 1. The number of hydrogen-bond donors (Lipinski definition) is 0. The van der Waals surface area contributed by atoms with Crippen LogP contribution in [-0.4, -0.2) is 60.7 Å². The second-order valence-electron chi connectivity index (χ2n) is 8.36. The highest BCUT2D eigenvalue weighted by Crippen LogP contribution is 2.36. The van der Waals surface area contributed by atoms with Gasteiger partial charge in [0.1, 0.15) is 11.6 Å². The Labute approximate surface area is 183 Å². The Hall–Kier alpha value is -2.52. The van der Waals surface area contributed by atoms with Gasteiger partial charge in [0.25, 0.3) is 0 Å². The highest BCUT2D eigenvalue weighted by atomic mass is 32.2. The third kappa shape index (κ3) is 4.16. The summed E-state index contributed by atoms with van der Waals surface area (Å²) in [5.74, 6) is 1.35. The monoisotopic (exact) mass is 443 g/mol. The Balaban J connectivity index is 1.76. The zero-order valence-corrected chi connectivity index (χ0v) is 19.1. The second-order valence-corrected chi connectivity index (χ2v) is 10.2. The lowest BCUT2D eigenvalue weighted by Crippen LogP contribution is -2.40. The molecule has 0 aliphatic carbocycles. The molecule has 0 radical (unpaired) electrons. The molecule has 4 rings (SSSR count). The number of sulfonamides is 1. The minimum atomic E-state index is -3.65. The van der Waals surface area contributed by atoms with E-state index in [-0.39, 0.29) is 5.91 Å². The number of benzene rings is 1. The maximum absolute atomic E-state index is 13.4. The van der Waals surface area contributed by atoms with Crippen LogP contribution in [0.1, 0.15) is 49.3 Å². The summed E-state index contributed by atoms with van der Waals surface area (Å²) < 4.78 is 28.4. The van der Waals surface area contributed by atoms with Crippen molar-refractivity contribution in [3.05, 3.63) is 47.4 Å². The molecule has 0 saturated carbocycles. The zero-order valence-electron chi connectivity index (χ0n) is 18.3. The standard InChI is InChI=1S/C22H29N5O3S/c1-16(28)26-14-12-19-18(15-26)22(25(2)3)24-21(23-19)20-11-7-8-13-27(20)31(29,30)17-9-5-4-6-10-17/h4-6,9-10,20H,7-8,11-15H2,1-3H3/t20-/m0/s1. The molecule has 166 valence electrons. The molecular weight excluding hydrogens is 414 g/mol. The average Bonchev–Trinajstić information content (AvgIpc) is 2.78. The highest BCUT2D eigenvalue weighted by Gasteiger charge is 2.37. The van der Waals surface area contributed by atoms with Gasteiger partial charge in [-0.25, -0.2) is 18.4 Å². The molecular formula is C22H29N5O3S. The maximum Gasteiger partial charge on any atom is 0.243 e. The molecule has 0 spiro atoms. The zero-order chi connectivity index (χ0) is 22.2. The van der Waals surface area contributed by atoms with E-state index in [1.807, 2.05) is 25.1 Å². The van der Waals surface area contributed by atoms with Crippen LogP contribution >= 0.6 is 0 Å². The largest absolute Gasteiger partial charge is 0.362 e. The SMILES string of the molecule is CC(=O)N1CCc2nc([C@@H]3CCCCN3S(=O)(=O)c3ccccc3)nc(N(C)C)c2C1. The van der Waals surface area contributed by atoms with E-state index in [2.05, 4.69) is 0 Å². The van der Waals surface area contributed by atoms with Gasteiger partial charge in [0.15, 0.2) is 0 Å². The van der Waals surface area contributed by atoms with Crippen molar-refractivity contribution in [2.45, 2.75) is 50.1 Å². The van der Waals surface area contributed by atoms with Crippen molar-refractivity contribution in [2.75, 3.05) is 32.1 Å². The molecule has 2 aromatic rings. The Bertz CT molecular complexity index is 1070. The minimum Gasteiger partial charge on any atom is -0.362 e. The molecule has 1 aromatic heterocycles. The van der Waals surface area contributed by atoms with Gasteiger partial charge in [0, 0.05) is 46.1 Å². The quantitative estimate of drug-likeness (QED) is 0.721. The fraction of sp³-hybridized carbons (Fsp3) is 0.500. The molecule has 3 heterocycles. The van der Waals surface area contributed by atoms with E-state index in [9.17, 15) is 13.2 Å². The van der Waals surface area contributed by atoms with Crippen LogP contribution in [0.15, 0.2) is 35.2 Å². The van der Waals surface area contributed by atoms with Crippen LogP contribution in [0.5, 0.6) is 0 Å². The number of piperidine rings is 1. The molecule has 8 nitrogen and oxygen atoms in total. The Kier molecular flexibility index (Phi) is 5.98. The first-order valence-corrected chi connectivity index (χ1v) is 12.1. The molecule has 31 heavy (non-hydrogen) atoms. The molecule has 9 heteroatoms. The molecule has 0 bridgehead atoms. The van der Waals surface area contributed by atoms with Crippen LogP contribution in [0.25, 0.3) is 0 Å². The van der Waals surface area contributed by atoms with E-state index in [0.29, 0.717) is 43.2 Å². The second kappa shape index (κ2) is 8.55. The molecule has 1 atom stereocenters. The lowest BCUT2D eigenvalue weighted by molar-refractivity contribution is -0.129. The number of hydrogen-bond acceptors (Lipinski definition) is 6. The number of fused-ring (bicyclic) bond motifs is 1. The molecule has 0 N–H and O–H groups in total. The Morgan fingerprint density at radius 3 is 2.52 bits per heavy atom.